The number of halogens is 1. The molecule has 1 atom stereocenters. The largest absolute Gasteiger partial charge is 0.391 e. The molecule has 1 saturated carbocycles. The number of aliphatic hydroxyl groups excluding tert-OH is 1. The molecular formula is C13H16FNO2. The number of carbonyl (C=O) groups is 1. The molecule has 0 spiro atoms. The molecule has 1 fully saturated rings. The summed E-state index contributed by atoms with van der Waals surface area (Å²) < 4.78 is 12.6. The first-order valence-electron chi connectivity index (χ1n) is 5.84. The van der Waals surface area contributed by atoms with Gasteiger partial charge in [0.2, 0.25) is 5.91 Å². The van der Waals surface area contributed by atoms with E-state index in [1.165, 1.54) is 12.1 Å². The van der Waals surface area contributed by atoms with Gasteiger partial charge in [0.1, 0.15) is 5.82 Å². The standard InChI is InChI=1S/C13H16FNO2/c14-11-5-1-9(2-6-11)7-13(17)15-8-12(16)10-3-4-10/h1-2,5-6,10,12,16H,3-4,7-8H2,(H,15,17). The Morgan fingerprint density at radius 2 is 2.06 bits per heavy atom. The van der Waals surface area contributed by atoms with Gasteiger partial charge in [0.25, 0.3) is 0 Å². The predicted molar refractivity (Wildman–Crippen MR) is 61.8 cm³/mol. The van der Waals surface area contributed by atoms with Crippen LogP contribution in [0.2, 0.25) is 0 Å². The fourth-order valence-corrected chi connectivity index (χ4v) is 1.72. The van der Waals surface area contributed by atoms with E-state index in [1.807, 2.05) is 0 Å². The number of carbonyl (C=O) groups excluding carboxylic acids is 1. The first-order chi connectivity index (χ1) is 8.15. The van der Waals surface area contributed by atoms with Crippen LogP contribution < -0.4 is 5.32 Å². The second kappa shape index (κ2) is 5.27. The molecule has 1 aliphatic rings. The van der Waals surface area contributed by atoms with Gasteiger partial charge >= 0.3 is 0 Å². The maximum atomic E-state index is 12.6. The van der Waals surface area contributed by atoms with E-state index in [4.69, 9.17) is 0 Å². The Morgan fingerprint density at radius 1 is 1.41 bits per heavy atom. The maximum absolute atomic E-state index is 12.6. The highest BCUT2D eigenvalue weighted by Crippen LogP contribution is 2.32. The average Bonchev–Trinajstić information content (AvgIpc) is 3.13. The lowest BCUT2D eigenvalue weighted by Gasteiger charge is -2.10. The highest BCUT2D eigenvalue weighted by Gasteiger charge is 2.29. The molecule has 1 unspecified atom stereocenters. The summed E-state index contributed by atoms with van der Waals surface area (Å²) in [6.07, 6.45) is 1.90. The molecule has 0 radical (unpaired) electrons. The number of aliphatic hydroxyl groups is 1. The zero-order valence-corrected chi connectivity index (χ0v) is 9.53. The van der Waals surface area contributed by atoms with Crippen LogP contribution in [0, 0.1) is 11.7 Å². The van der Waals surface area contributed by atoms with Crippen LogP contribution in [0.15, 0.2) is 24.3 Å². The molecule has 17 heavy (non-hydrogen) atoms. The molecule has 1 aromatic carbocycles. The van der Waals surface area contributed by atoms with E-state index in [0.29, 0.717) is 12.5 Å². The zero-order valence-electron chi connectivity index (χ0n) is 9.53. The second-order valence-electron chi connectivity index (χ2n) is 4.51. The normalized spacial score (nSPS) is 16.6. The number of benzene rings is 1. The van der Waals surface area contributed by atoms with Crippen molar-refractivity contribution in [1.82, 2.24) is 5.32 Å². The highest BCUT2D eigenvalue weighted by molar-refractivity contribution is 5.78. The Kier molecular flexibility index (Phi) is 3.74. The minimum absolute atomic E-state index is 0.142. The summed E-state index contributed by atoms with van der Waals surface area (Å²) in [6, 6.07) is 5.85. The Balaban J connectivity index is 1.74. The van der Waals surface area contributed by atoms with Crippen molar-refractivity contribution >= 4 is 5.91 Å². The van der Waals surface area contributed by atoms with Crippen molar-refractivity contribution in [3.63, 3.8) is 0 Å². The molecule has 4 heteroatoms. The molecule has 1 aromatic rings. The zero-order chi connectivity index (χ0) is 12.3. The summed E-state index contributed by atoms with van der Waals surface area (Å²) in [4.78, 5) is 11.5. The number of amides is 1. The fraction of sp³-hybridized carbons (Fsp3) is 0.462. The molecule has 0 aliphatic heterocycles. The van der Waals surface area contributed by atoms with E-state index in [1.54, 1.807) is 12.1 Å². The SMILES string of the molecule is O=C(Cc1ccc(F)cc1)NCC(O)C1CC1. The third-order valence-electron chi connectivity index (χ3n) is 2.95. The average molecular weight is 237 g/mol. The van der Waals surface area contributed by atoms with Crippen LogP contribution in [-0.4, -0.2) is 23.7 Å². The monoisotopic (exact) mass is 237 g/mol. The van der Waals surface area contributed by atoms with E-state index >= 15 is 0 Å². The van der Waals surface area contributed by atoms with Crippen molar-refractivity contribution in [2.45, 2.75) is 25.4 Å². The van der Waals surface area contributed by atoms with E-state index in [2.05, 4.69) is 5.32 Å². The Bertz CT molecular complexity index is 387. The number of hydrogen-bond donors (Lipinski definition) is 2. The quantitative estimate of drug-likeness (QED) is 0.810. The van der Waals surface area contributed by atoms with Crippen LogP contribution in [0.5, 0.6) is 0 Å². The maximum Gasteiger partial charge on any atom is 0.224 e. The Morgan fingerprint density at radius 3 is 2.65 bits per heavy atom. The van der Waals surface area contributed by atoms with Crippen molar-refractivity contribution in [1.29, 1.82) is 0 Å². The lowest BCUT2D eigenvalue weighted by atomic mass is 10.1. The van der Waals surface area contributed by atoms with Gasteiger partial charge in [-0.15, -0.1) is 0 Å². The second-order valence-corrected chi connectivity index (χ2v) is 4.51. The smallest absolute Gasteiger partial charge is 0.224 e. The third-order valence-corrected chi connectivity index (χ3v) is 2.95. The van der Waals surface area contributed by atoms with Crippen molar-refractivity contribution in [3.8, 4) is 0 Å². The van der Waals surface area contributed by atoms with Crippen LogP contribution in [0.4, 0.5) is 4.39 Å². The first-order valence-corrected chi connectivity index (χ1v) is 5.84. The minimum atomic E-state index is -0.424. The van der Waals surface area contributed by atoms with Crippen molar-refractivity contribution in [2.75, 3.05) is 6.54 Å². The summed E-state index contributed by atoms with van der Waals surface area (Å²) in [7, 11) is 0. The van der Waals surface area contributed by atoms with Gasteiger partial charge in [-0.2, -0.15) is 0 Å². The summed E-state index contributed by atoms with van der Waals surface area (Å²) in [5.41, 5.74) is 0.768. The van der Waals surface area contributed by atoms with Crippen molar-refractivity contribution in [2.24, 2.45) is 5.92 Å². The molecule has 0 saturated heterocycles. The van der Waals surface area contributed by atoms with E-state index < -0.39 is 6.10 Å². The van der Waals surface area contributed by atoms with E-state index in [9.17, 15) is 14.3 Å². The summed E-state index contributed by atoms with van der Waals surface area (Å²) >= 11 is 0. The molecular weight excluding hydrogens is 221 g/mol. The van der Waals surface area contributed by atoms with Crippen molar-refractivity contribution < 1.29 is 14.3 Å². The van der Waals surface area contributed by atoms with Gasteiger partial charge in [-0.25, -0.2) is 4.39 Å². The van der Waals surface area contributed by atoms with Crippen LogP contribution in [0.25, 0.3) is 0 Å². The minimum Gasteiger partial charge on any atom is -0.391 e. The molecule has 0 heterocycles. The molecule has 2 rings (SSSR count). The van der Waals surface area contributed by atoms with E-state index in [-0.39, 0.29) is 18.1 Å². The highest BCUT2D eigenvalue weighted by atomic mass is 19.1. The van der Waals surface area contributed by atoms with Crippen LogP contribution in [0.3, 0.4) is 0 Å². The topological polar surface area (TPSA) is 49.3 Å². The summed E-state index contributed by atoms with van der Waals surface area (Å²) in [5, 5.41) is 12.3. The van der Waals surface area contributed by atoms with Gasteiger partial charge in [0.05, 0.1) is 12.5 Å². The summed E-state index contributed by atoms with van der Waals surface area (Å²) in [6.45, 7) is 0.310. The number of rotatable bonds is 5. The van der Waals surface area contributed by atoms with Gasteiger partial charge in [0.15, 0.2) is 0 Å². The molecule has 0 aromatic heterocycles. The number of hydrogen-bond acceptors (Lipinski definition) is 2. The van der Waals surface area contributed by atoms with Crippen LogP contribution in [0.1, 0.15) is 18.4 Å². The van der Waals surface area contributed by atoms with Crippen molar-refractivity contribution in [3.05, 3.63) is 35.6 Å². The van der Waals surface area contributed by atoms with Gasteiger partial charge in [0, 0.05) is 6.54 Å². The van der Waals surface area contributed by atoms with Gasteiger partial charge in [-0.05, 0) is 36.5 Å². The lowest BCUT2D eigenvalue weighted by molar-refractivity contribution is -0.120. The summed E-state index contributed by atoms with van der Waals surface area (Å²) in [5.74, 6) is -0.0873. The van der Waals surface area contributed by atoms with Crippen LogP contribution >= 0.6 is 0 Å². The molecule has 1 amide bonds. The fourth-order valence-electron chi connectivity index (χ4n) is 1.72. The first kappa shape index (κ1) is 12.0. The van der Waals surface area contributed by atoms with Gasteiger partial charge in [-0.1, -0.05) is 12.1 Å². The predicted octanol–water partition coefficient (Wildman–Crippen LogP) is 1.26. The van der Waals surface area contributed by atoms with Crippen LogP contribution in [-0.2, 0) is 11.2 Å². The molecule has 3 nitrogen and oxygen atoms in total. The lowest BCUT2D eigenvalue weighted by Crippen LogP contribution is -2.34. The van der Waals surface area contributed by atoms with E-state index in [0.717, 1.165) is 18.4 Å². The third kappa shape index (κ3) is 3.82. The molecule has 1 aliphatic carbocycles. The van der Waals surface area contributed by atoms with Gasteiger partial charge in [-0.3, -0.25) is 4.79 Å². The number of nitrogens with one attached hydrogen (secondary N) is 1. The van der Waals surface area contributed by atoms with Gasteiger partial charge < -0.3 is 10.4 Å². The Hall–Kier alpha value is -1.42. The Labute approximate surface area is 99.7 Å². The molecule has 92 valence electrons. The molecule has 0 bridgehead atoms. The molecule has 2 N–H and O–H groups in total.